The van der Waals surface area contributed by atoms with Gasteiger partial charge in [0.05, 0.1) is 6.04 Å². The van der Waals surface area contributed by atoms with Gasteiger partial charge in [-0.05, 0) is 35.4 Å². The Labute approximate surface area is 139 Å². The average Bonchev–Trinajstić information content (AvgIpc) is 3.11. The van der Waals surface area contributed by atoms with Gasteiger partial charge in [-0.15, -0.1) is 0 Å². The number of thiophene rings is 1. The van der Waals surface area contributed by atoms with Crippen molar-refractivity contribution in [2.75, 3.05) is 13.1 Å². The first-order valence-electron chi connectivity index (χ1n) is 7.73. The van der Waals surface area contributed by atoms with E-state index in [1.807, 2.05) is 23.3 Å². The van der Waals surface area contributed by atoms with Crippen LogP contribution in [0.1, 0.15) is 31.4 Å². The van der Waals surface area contributed by atoms with Gasteiger partial charge in [0.1, 0.15) is 6.10 Å². The highest BCUT2D eigenvalue weighted by atomic mass is 32.1. The van der Waals surface area contributed by atoms with Crippen LogP contribution in [0.2, 0.25) is 0 Å². The highest BCUT2D eigenvalue weighted by Crippen LogP contribution is 2.18. The maximum absolute atomic E-state index is 12.3. The second kappa shape index (κ2) is 7.41. The predicted octanol–water partition coefficient (Wildman–Crippen LogP) is 2.85. The fourth-order valence-corrected chi connectivity index (χ4v) is 3.31. The number of carbonyl (C=O) groups is 1. The van der Waals surface area contributed by atoms with Crippen LogP contribution >= 0.6 is 11.3 Å². The van der Waals surface area contributed by atoms with Crippen LogP contribution in [0.3, 0.4) is 0 Å². The standard InChI is InChI=1S/C16H20N4O2S/c1-12(13-5-10-23-11-13)19-16(21)20-8-3-14(4-9-20)22-15-17-6-2-7-18-15/h2,5-7,10-12,14H,3-4,8-9H2,1H3,(H,19,21)/t12-/m0/s1. The molecular formula is C16H20N4O2S. The number of nitrogens with zero attached hydrogens (tertiary/aromatic N) is 3. The van der Waals surface area contributed by atoms with E-state index in [4.69, 9.17) is 4.74 Å². The van der Waals surface area contributed by atoms with Crippen molar-refractivity contribution in [1.29, 1.82) is 0 Å². The van der Waals surface area contributed by atoms with Crippen molar-refractivity contribution in [1.82, 2.24) is 20.2 Å². The van der Waals surface area contributed by atoms with Gasteiger partial charge < -0.3 is 15.0 Å². The molecular weight excluding hydrogens is 312 g/mol. The lowest BCUT2D eigenvalue weighted by molar-refractivity contribution is 0.102. The molecule has 1 atom stereocenters. The lowest BCUT2D eigenvalue weighted by Crippen LogP contribution is -2.47. The molecule has 1 N–H and O–H groups in total. The van der Waals surface area contributed by atoms with Gasteiger partial charge in [0.2, 0.25) is 0 Å². The van der Waals surface area contributed by atoms with E-state index in [2.05, 4.69) is 20.7 Å². The highest BCUT2D eigenvalue weighted by Gasteiger charge is 2.25. The minimum atomic E-state index is -0.0156. The number of ether oxygens (including phenoxy) is 1. The number of hydrogen-bond acceptors (Lipinski definition) is 5. The van der Waals surface area contributed by atoms with E-state index in [0.29, 0.717) is 19.1 Å². The quantitative estimate of drug-likeness (QED) is 0.935. The minimum absolute atomic E-state index is 0.0156. The Morgan fingerprint density at radius 3 is 2.78 bits per heavy atom. The van der Waals surface area contributed by atoms with E-state index in [1.54, 1.807) is 29.8 Å². The zero-order valence-electron chi connectivity index (χ0n) is 13.0. The van der Waals surface area contributed by atoms with Crippen LogP contribution in [-0.4, -0.2) is 40.1 Å². The molecule has 122 valence electrons. The van der Waals surface area contributed by atoms with Gasteiger partial charge in [-0.2, -0.15) is 11.3 Å². The van der Waals surface area contributed by atoms with Crippen LogP contribution in [0, 0.1) is 0 Å². The summed E-state index contributed by atoms with van der Waals surface area (Å²) in [6, 6.07) is 4.21. The zero-order chi connectivity index (χ0) is 16.1. The molecule has 0 saturated carbocycles. The summed E-state index contributed by atoms with van der Waals surface area (Å²) >= 11 is 1.64. The van der Waals surface area contributed by atoms with Gasteiger partial charge in [0, 0.05) is 38.3 Å². The first kappa shape index (κ1) is 15.7. The smallest absolute Gasteiger partial charge is 0.317 e. The summed E-state index contributed by atoms with van der Waals surface area (Å²) in [6.45, 7) is 3.36. The molecule has 3 heterocycles. The maximum Gasteiger partial charge on any atom is 0.317 e. The maximum atomic E-state index is 12.3. The van der Waals surface area contributed by atoms with E-state index in [9.17, 15) is 4.79 Å². The molecule has 1 saturated heterocycles. The molecule has 0 bridgehead atoms. The molecule has 7 heteroatoms. The number of urea groups is 1. The lowest BCUT2D eigenvalue weighted by Gasteiger charge is -2.32. The van der Waals surface area contributed by atoms with Gasteiger partial charge in [0.15, 0.2) is 0 Å². The highest BCUT2D eigenvalue weighted by molar-refractivity contribution is 7.07. The third kappa shape index (κ3) is 4.19. The van der Waals surface area contributed by atoms with Crippen LogP contribution in [0.25, 0.3) is 0 Å². The normalized spacial score (nSPS) is 16.8. The Morgan fingerprint density at radius 2 is 2.13 bits per heavy atom. The molecule has 1 aliphatic rings. The van der Waals surface area contributed by atoms with E-state index in [-0.39, 0.29) is 18.2 Å². The average molecular weight is 332 g/mol. The zero-order valence-corrected chi connectivity index (χ0v) is 13.8. The molecule has 2 aromatic heterocycles. The monoisotopic (exact) mass is 332 g/mol. The Kier molecular flexibility index (Phi) is 5.07. The van der Waals surface area contributed by atoms with E-state index in [0.717, 1.165) is 18.4 Å². The van der Waals surface area contributed by atoms with E-state index < -0.39 is 0 Å². The van der Waals surface area contributed by atoms with Crippen molar-refractivity contribution in [3.63, 3.8) is 0 Å². The molecule has 0 aromatic carbocycles. The molecule has 3 rings (SSSR count). The van der Waals surface area contributed by atoms with Crippen LogP contribution in [-0.2, 0) is 0 Å². The molecule has 0 aliphatic carbocycles. The number of piperidine rings is 1. The summed E-state index contributed by atoms with van der Waals surface area (Å²) in [4.78, 5) is 22.3. The molecule has 0 radical (unpaired) electrons. The Hall–Kier alpha value is -2.15. The third-order valence-corrected chi connectivity index (χ3v) is 4.63. The number of rotatable bonds is 4. The van der Waals surface area contributed by atoms with Crippen molar-refractivity contribution in [3.8, 4) is 6.01 Å². The topological polar surface area (TPSA) is 67.4 Å². The van der Waals surface area contributed by atoms with Crippen LogP contribution in [0.4, 0.5) is 4.79 Å². The fraction of sp³-hybridized carbons (Fsp3) is 0.438. The number of likely N-dealkylation sites (tertiary alicyclic amines) is 1. The second-order valence-electron chi connectivity index (χ2n) is 5.56. The molecule has 1 fully saturated rings. The van der Waals surface area contributed by atoms with Crippen molar-refractivity contribution in [2.45, 2.75) is 31.9 Å². The van der Waals surface area contributed by atoms with Gasteiger partial charge in [0.25, 0.3) is 0 Å². The van der Waals surface area contributed by atoms with Gasteiger partial charge in [-0.3, -0.25) is 0 Å². The van der Waals surface area contributed by atoms with Gasteiger partial charge in [-0.1, -0.05) is 0 Å². The van der Waals surface area contributed by atoms with Crippen molar-refractivity contribution in [2.24, 2.45) is 0 Å². The van der Waals surface area contributed by atoms with Crippen LogP contribution < -0.4 is 10.1 Å². The largest absolute Gasteiger partial charge is 0.460 e. The van der Waals surface area contributed by atoms with Crippen molar-refractivity contribution in [3.05, 3.63) is 40.8 Å². The summed E-state index contributed by atoms with van der Waals surface area (Å²) in [5.74, 6) is 0. The number of amides is 2. The third-order valence-electron chi connectivity index (χ3n) is 3.93. The molecule has 1 aliphatic heterocycles. The lowest BCUT2D eigenvalue weighted by atomic mass is 10.1. The summed E-state index contributed by atoms with van der Waals surface area (Å²) in [5, 5.41) is 7.13. The molecule has 2 aromatic rings. The first-order chi connectivity index (χ1) is 11.2. The number of hydrogen-bond donors (Lipinski definition) is 1. The number of carbonyl (C=O) groups excluding carboxylic acids is 1. The molecule has 2 amide bonds. The summed E-state index contributed by atoms with van der Waals surface area (Å²) < 4.78 is 5.74. The molecule has 23 heavy (non-hydrogen) atoms. The minimum Gasteiger partial charge on any atom is -0.460 e. The van der Waals surface area contributed by atoms with Crippen molar-refractivity contribution < 1.29 is 9.53 Å². The van der Waals surface area contributed by atoms with Gasteiger partial charge in [-0.25, -0.2) is 14.8 Å². The van der Waals surface area contributed by atoms with E-state index in [1.165, 1.54) is 0 Å². The van der Waals surface area contributed by atoms with Crippen molar-refractivity contribution >= 4 is 17.4 Å². The number of nitrogens with one attached hydrogen (secondary N) is 1. The predicted molar refractivity (Wildman–Crippen MR) is 88.5 cm³/mol. The van der Waals surface area contributed by atoms with Crippen LogP contribution in [0.15, 0.2) is 35.3 Å². The van der Waals surface area contributed by atoms with Gasteiger partial charge >= 0.3 is 12.0 Å². The summed E-state index contributed by atoms with van der Waals surface area (Å²) in [5.41, 5.74) is 1.14. The Bertz CT molecular complexity index is 612. The number of aromatic nitrogens is 2. The molecule has 6 nitrogen and oxygen atoms in total. The Morgan fingerprint density at radius 1 is 1.39 bits per heavy atom. The van der Waals surface area contributed by atoms with Crippen LogP contribution in [0.5, 0.6) is 6.01 Å². The first-order valence-corrected chi connectivity index (χ1v) is 8.68. The molecule has 0 unspecified atom stereocenters. The second-order valence-corrected chi connectivity index (χ2v) is 6.34. The fourth-order valence-electron chi connectivity index (χ4n) is 2.55. The molecule has 0 spiro atoms. The summed E-state index contributed by atoms with van der Waals surface area (Å²) in [6.07, 6.45) is 4.97. The Balaban J connectivity index is 1.46. The SMILES string of the molecule is C[C@H](NC(=O)N1CCC(Oc2ncccn2)CC1)c1ccsc1. The summed E-state index contributed by atoms with van der Waals surface area (Å²) in [7, 11) is 0. The van der Waals surface area contributed by atoms with E-state index >= 15 is 0 Å².